The van der Waals surface area contributed by atoms with E-state index in [0.717, 1.165) is 18.4 Å². The molecule has 0 spiro atoms. The number of aromatic nitrogens is 2. The third-order valence-corrected chi connectivity index (χ3v) is 3.33. The number of halogens is 1. The summed E-state index contributed by atoms with van der Waals surface area (Å²) in [6.07, 6.45) is 6.76. The fourth-order valence-electron chi connectivity index (χ4n) is 2.11. The molecule has 0 aliphatic heterocycles. The van der Waals surface area contributed by atoms with Gasteiger partial charge in [-0.15, -0.1) is 0 Å². The molecule has 0 aromatic carbocycles. The van der Waals surface area contributed by atoms with Gasteiger partial charge in [0.15, 0.2) is 0 Å². The lowest BCUT2D eigenvalue weighted by Gasteiger charge is -2.22. The maximum absolute atomic E-state index is 12.8. The zero-order valence-electron chi connectivity index (χ0n) is 10.9. The van der Waals surface area contributed by atoms with Gasteiger partial charge in [0.25, 0.3) is 5.91 Å². The highest BCUT2D eigenvalue weighted by atomic mass is 19.1. The molecule has 2 aromatic heterocycles. The maximum atomic E-state index is 12.8. The number of rotatable bonds is 4. The first-order valence-corrected chi connectivity index (χ1v) is 6.55. The Labute approximate surface area is 116 Å². The average Bonchev–Trinajstić information content (AvgIpc) is 3.30. The molecule has 1 amide bonds. The van der Waals surface area contributed by atoms with E-state index >= 15 is 0 Å². The van der Waals surface area contributed by atoms with Crippen LogP contribution in [0.15, 0.2) is 42.9 Å². The van der Waals surface area contributed by atoms with Gasteiger partial charge >= 0.3 is 0 Å². The Morgan fingerprint density at radius 2 is 2.00 bits per heavy atom. The van der Waals surface area contributed by atoms with Gasteiger partial charge < -0.3 is 4.90 Å². The monoisotopic (exact) mass is 271 g/mol. The molecule has 0 unspecified atom stereocenters. The zero-order valence-corrected chi connectivity index (χ0v) is 10.9. The molecule has 2 aromatic rings. The summed E-state index contributed by atoms with van der Waals surface area (Å²) in [5.74, 6) is -0.675. The summed E-state index contributed by atoms with van der Waals surface area (Å²) in [6.45, 7) is 0.545. The lowest BCUT2D eigenvalue weighted by molar-refractivity contribution is 0.0729. The van der Waals surface area contributed by atoms with E-state index in [1.54, 1.807) is 12.4 Å². The molecule has 0 bridgehead atoms. The SMILES string of the molecule is O=C(c1ccc(F)nc1)N(Cc1ccncc1)C1CC1. The van der Waals surface area contributed by atoms with Crippen LogP contribution in [-0.2, 0) is 6.54 Å². The largest absolute Gasteiger partial charge is 0.331 e. The van der Waals surface area contributed by atoms with Crippen LogP contribution in [-0.4, -0.2) is 26.8 Å². The molecule has 1 aliphatic rings. The first-order chi connectivity index (χ1) is 9.74. The summed E-state index contributed by atoms with van der Waals surface area (Å²) in [7, 11) is 0. The molecule has 2 heterocycles. The van der Waals surface area contributed by atoms with Crippen LogP contribution in [0.5, 0.6) is 0 Å². The number of carbonyl (C=O) groups excluding carboxylic acids is 1. The average molecular weight is 271 g/mol. The van der Waals surface area contributed by atoms with Crippen molar-refractivity contribution in [1.29, 1.82) is 0 Å². The minimum absolute atomic E-state index is 0.100. The highest BCUT2D eigenvalue weighted by molar-refractivity contribution is 5.94. The normalized spacial score (nSPS) is 14.1. The van der Waals surface area contributed by atoms with Crippen molar-refractivity contribution in [3.05, 3.63) is 59.9 Å². The van der Waals surface area contributed by atoms with Crippen LogP contribution in [0.2, 0.25) is 0 Å². The van der Waals surface area contributed by atoms with E-state index in [2.05, 4.69) is 9.97 Å². The molecule has 20 heavy (non-hydrogen) atoms. The Morgan fingerprint density at radius 3 is 2.60 bits per heavy atom. The molecule has 0 atom stereocenters. The summed E-state index contributed by atoms with van der Waals surface area (Å²) in [4.78, 5) is 21.8. The molecule has 0 saturated heterocycles. The van der Waals surface area contributed by atoms with Crippen LogP contribution in [0.1, 0.15) is 28.8 Å². The number of amides is 1. The van der Waals surface area contributed by atoms with Gasteiger partial charge in [-0.1, -0.05) is 0 Å². The summed E-state index contributed by atoms with van der Waals surface area (Å²) in [5.41, 5.74) is 1.46. The maximum Gasteiger partial charge on any atom is 0.255 e. The summed E-state index contributed by atoms with van der Waals surface area (Å²) in [6, 6.07) is 6.76. The summed E-state index contributed by atoms with van der Waals surface area (Å²) in [5, 5.41) is 0. The molecule has 5 heteroatoms. The molecule has 3 rings (SSSR count). The van der Waals surface area contributed by atoms with Gasteiger partial charge in [0.2, 0.25) is 5.95 Å². The van der Waals surface area contributed by atoms with Crippen molar-refractivity contribution in [2.75, 3.05) is 0 Å². The van der Waals surface area contributed by atoms with Crippen LogP contribution in [0.4, 0.5) is 4.39 Å². The molecule has 1 aliphatic carbocycles. The van der Waals surface area contributed by atoms with Crippen molar-refractivity contribution >= 4 is 5.91 Å². The lowest BCUT2D eigenvalue weighted by Crippen LogP contribution is -2.32. The minimum Gasteiger partial charge on any atom is -0.331 e. The van der Waals surface area contributed by atoms with Crippen molar-refractivity contribution < 1.29 is 9.18 Å². The smallest absolute Gasteiger partial charge is 0.255 e. The Kier molecular flexibility index (Phi) is 3.41. The van der Waals surface area contributed by atoms with Gasteiger partial charge in [-0.2, -0.15) is 4.39 Å². The molecular formula is C15H14FN3O. The molecule has 102 valence electrons. The van der Waals surface area contributed by atoms with Gasteiger partial charge in [0.05, 0.1) is 5.56 Å². The second kappa shape index (κ2) is 5.36. The quantitative estimate of drug-likeness (QED) is 0.802. The Morgan fingerprint density at radius 1 is 1.25 bits per heavy atom. The fourth-order valence-corrected chi connectivity index (χ4v) is 2.11. The van der Waals surface area contributed by atoms with E-state index in [0.29, 0.717) is 12.1 Å². The number of carbonyl (C=O) groups is 1. The fraction of sp³-hybridized carbons (Fsp3) is 0.267. The molecule has 0 radical (unpaired) electrons. The van der Waals surface area contributed by atoms with Crippen LogP contribution >= 0.6 is 0 Å². The van der Waals surface area contributed by atoms with Crippen molar-refractivity contribution in [3.63, 3.8) is 0 Å². The van der Waals surface area contributed by atoms with Gasteiger partial charge in [0, 0.05) is 31.2 Å². The molecule has 4 nitrogen and oxygen atoms in total. The molecule has 1 saturated carbocycles. The molecular weight excluding hydrogens is 257 g/mol. The first kappa shape index (κ1) is 12.7. The summed E-state index contributed by atoms with van der Waals surface area (Å²) >= 11 is 0. The van der Waals surface area contributed by atoms with E-state index in [4.69, 9.17) is 0 Å². The Balaban J connectivity index is 1.80. The van der Waals surface area contributed by atoms with Crippen LogP contribution in [0.3, 0.4) is 0 Å². The zero-order chi connectivity index (χ0) is 13.9. The van der Waals surface area contributed by atoms with Crippen LogP contribution in [0, 0.1) is 5.95 Å². The van der Waals surface area contributed by atoms with Gasteiger partial charge in [-0.05, 0) is 42.7 Å². The standard InChI is InChI=1S/C15H14FN3O/c16-14-4-1-12(9-18-14)15(20)19(13-2-3-13)10-11-5-7-17-8-6-11/h1,4-9,13H,2-3,10H2. The predicted octanol–water partition coefficient (Wildman–Crippen LogP) is 2.42. The van der Waals surface area contributed by atoms with Gasteiger partial charge in [0.1, 0.15) is 0 Å². The second-order valence-corrected chi connectivity index (χ2v) is 4.89. The van der Waals surface area contributed by atoms with Crippen molar-refractivity contribution in [2.45, 2.75) is 25.4 Å². The van der Waals surface area contributed by atoms with Gasteiger partial charge in [-0.3, -0.25) is 9.78 Å². The number of pyridine rings is 2. The number of nitrogens with zero attached hydrogens (tertiary/aromatic N) is 3. The highest BCUT2D eigenvalue weighted by Gasteiger charge is 2.33. The van der Waals surface area contributed by atoms with Crippen molar-refractivity contribution in [3.8, 4) is 0 Å². The predicted molar refractivity (Wildman–Crippen MR) is 71.3 cm³/mol. The van der Waals surface area contributed by atoms with Crippen molar-refractivity contribution in [1.82, 2.24) is 14.9 Å². The van der Waals surface area contributed by atoms with E-state index in [1.807, 2.05) is 17.0 Å². The first-order valence-electron chi connectivity index (χ1n) is 6.55. The second-order valence-electron chi connectivity index (χ2n) is 4.89. The highest BCUT2D eigenvalue weighted by Crippen LogP contribution is 2.29. The lowest BCUT2D eigenvalue weighted by atomic mass is 10.2. The molecule has 0 N–H and O–H groups in total. The number of hydrogen-bond acceptors (Lipinski definition) is 3. The van der Waals surface area contributed by atoms with E-state index < -0.39 is 5.95 Å². The summed E-state index contributed by atoms with van der Waals surface area (Å²) < 4.78 is 12.8. The van der Waals surface area contributed by atoms with E-state index in [-0.39, 0.29) is 11.9 Å². The number of hydrogen-bond donors (Lipinski definition) is 0. The van der Waals surface area contributed by atoms with E-state index in [9.17, 15) is 9.18 Å². The molecule has 1 fully saturated rings. The minimum atomic E-state index is -0.575. The Bertz CT molecular complexity index is 596. The third-order valence-electron chi connectivity index (χ3n) is 3.33. The Hall–Kier alpha value is -2.30. The van der Waals surface area contributed by atoms with Crippen molar-refractivity contribution in [2.24, 2.45) is 0 Å². The van der Waals surface area contributed by atoms with E-state index in [1.165, 1.54) is 18.3 Å². The van der Waals surface area contributed by atoms with Crippen LogP contribution < -0.4 is 0 Å². The van der Waals surface area contributed by atoms with Gasteiger partial charge in [-0.25, -0.2) is 4.98 Å². The third kappa shape index (κ3) is 2.82. The van der Waals surface area contributed by atoms with Crippen LogP contribution in [0.25, 0.3) is 0 Å². The topological polar surface area (TPSA) is 46.1 Å².